The summed E-state index contributed by atoms with van der Waals surface area (Å²) in [6.07, 6.45) is 2.47. The van der Waals surface area contributed by atoms with Crippen molar-refractivity contribution in [3.8, 4) is 0 Å². The van der Waals surface area contributed by atoms with E-state index in [0.29, 0.717) is 23.9 Å². The van der Waals surface area contributed by atoms with E-state index in [0.717, 1.165) is 48.9 Å². The molecule has 0 aromatic heterocycles. The standard InChI is InChI=1S/C22H29ClN4O2S.HI/c1-24-22(25-14-11-19-7-5-6-10-21(19)23)26-17-18-12-15-27(16-13-18)30(28,29)20-8-3-2-4-9-20;/h2-10,18H,11-17H2,1H3,(H2,24,25,26);1H. The molecule has 0 atom stereocenters. The van der Waals surface area contributed by atoms with Gasteiger partial charge in [0.25, 0.3) is 0 Å². The third-order valence-electron chi connectivity index (χ3n) is 5.38. The van der Waals surface area contributed by atoms with Gasteiger partial charge in [-0.1, -0.05) is 48.0 Å². The third-order valence-corrected chi connectivity index (χ3v) is 7.66. The Balaban J connectivity index is 0.00000341. The van der Waals surface area contributed by atoms with Crippen LogP contribution in [0.4, 0.5) is 0 Å². The Bertz CT molecular complexity index is 949. The molecule has 170 valence electrons. The molecule has 2 aromatic carbocycles. The Morgan fingerprint density at radius 2 is 1.71 bits per heavy atom. The van der Waals surface area contributed by atoms with Gasteiger partial charge >= 0.3 is 0 Å². The maximum atomic E-state index is 12.7. The molecule has 0 saturated carbocycles. The van der Waals surface area contributed by atoms with Gasteiger partial charge in [0.15, 0.2) is 5.96 Å². The largest absolute Gasteiger partial charge is 0.356 e. The van der Waals surface area contributed by atoms with Crippen LogP contribution >= 0.6 is 35.6 Å². The van der Waals surface area contributed by atoms with Crippen LogP contribution in [-0.4, -0.2) is 51.9 Å². The van der Waals surface area contributed by atoms with E-state index in [2.05, 4.69) is 15.6 Å². The second-order valence-electron chi connectivity index (χ2n) is 7.38. The van der Waals surface area contributed by atoms with Crippen molar-refractivity contribution in [2.75, 3.05) is 33.2 Å². The summed E-state index contributed by atoms with van der Waals surface area (Å²) in [7, 11) is -1.65. The van der Waals surface area contributed by atoms with Crippen LogP contribution in [-0.2, 0) is 16.4 Å². The van der Waals surface area contributed by atoms with Crippen molar-refractivity contribution in [2.45, 2.75) is 24.2 Å². The molecule has 0 aliphatic carbocycles. The van der Waals surface area contributed by atoms with Crippen LogP contribution in [0.5, 0.6) is 0 Å². The Hall–Kier alpha value is -1.36. The molecule has 0 bridgehead atoms. The second-order valence-corrected chi connectivity index (χ2v) is 9.73. The molecular weight excluding hydrogens is 547 g/mol. The zero-order chi connectivity index (χ0) is 21.4. The highest BCUT2D eigenvalue weighted by atomic mass is 127. The number of guanidine groups is 1. The fraction of sp³-hybridized carbons (Fsp3) is 0.409. The van der Waals surface area contributed by atoms with Gasteiger partial charge in [0.2, 0.25) is 10.0 Å². The van der Waals surface area contributed by atoms with Crippen LogP contribution in [0.2, 0.25) is 5.02 Å². The van der Waals surface area contributed by atoms with Crippen molar-refractivity contribution < 1.29 is 8.42 Å². The van der Waals surface area contributed by atoms with Crippen LogP contribution in [0, 0.1) is 5.92 Å². The van der Waals surface area contributed by atoms with Gasteiger partial charge in [0.1, 0.15) is 0 Å². The number of aliphatic imine (C=N–C) groups is 1. The smallest absolute Gasteiger partial charge is 0.243 e. The van der Waals surface area contributed by atoms with Crippen LogP contribution in [0.1, 0.15) is 18.4 Å². The number of halogens is 2. The van der Waals surface area contributed by atoms with Gasteiger partial charge in [-0.3, -0.25) is 4.99 Å². The minimum Gasteiger partial charge on any atom is -0.356 e. The van der Waals surface area contributed by atoms with E-state index < -0.39 is 10.0 Å². The first-order valence-corrected chi connectivity index (χ1v) is 12.1. The molecule has 1 aliphatic rings. The third kappa shape index (κ3) is 7.34. The summed E-state index contributed by atoms with van der Waals surface area (Å²) in [4.78, 5) is 4.64. The molecule has 1 aliphatic heterocycles. The number of rotatable bonds is 7. The Morgan fingerprint density at radius 1 is 1.06 bits per heavy atom. The number of nitrogens with zero attached hydrogens (tertiary/aromatic N) is 2. The van der Waals surface area contributed by atoms with Crippen molar-refractivity contribution in [3.05, 3.63) is 65.2 Å². The quantitative estimate of drug-likeness (QED) is 0.299. The first-order chi connectivity index (χ1) is 14.5. The van der Waals surface area contributed by atoms with Gasteiger partial charge in [0.05, 0.1) is 4.90 Å². The maximum absolute atomic E-state index is 12.7. The van der Waals surface area contributed by atoms with Crippen LogP contribution in [0.25, 0.3) is 0 Å². The van der Waals surface area contributed by atoms with Crippen molar-refractivity contribution in [1.82, 2.24) is 14.9 Å². The average Bonchev–Trinajstić information content (AvgIpc) is 2.78. The molecule has 31 heavy (non-hydrogen) atoms. The van der Waals surface area contributed by atoms with Gasteiger partial charge in [-0.15, -0.1) is 24.0 Å². The highest BCUT2D eigenvalue weighted by Gasteiger charge is 2.29. The maximum Gasteiger partial charge on any atom is 0.243 e. The molecule has 0 spiro atoms. The SMILES string of the molecule is CN=C(NCCc1ccccc1Cl)NCC1CCN(S(=O)(=O)c2ccccc2)CC1.I. The van der Waals surface area contributed by atoms with Gasteiger partial charge in [0, 0.05) is 38.2 Å². The lowest BCUT2D eigenvalue weighted by molar-refractivity contribution is 0.273. The molecule has 1 saturated heterocycles. The summed E-state index contributed by atoms with van der Waals surface area (Å²) in [5.41, 5.74) is 1.11. The van der Waals surface area contributed by atoms with E-state index in [1.165, 1.54) is 0 Å². The van der Waals surface area contributed by atoms with E-state index in [9.17, 15) is 8.42 Å². The summed E-state index contributed by atoms with van der Waals surface area (Å²) < 4.78 is 27.1. The Labute approximate surface area is 207 Å². The molecule has 9 heteroatoms. The minimum absolute atomic E-state index is 0. The summed E-state index contributed by atoms with van der Waals surface area (Å²) in [6.45, 7) is 2.59. The summed E-state index contributed by atoms with van der Waals surface area (Å²) in [5.74, 6) is 1.16. The average molecular weight is 577 g/mol. The predicted molar refractivity (Wildman–Crippen MR) is 138 cm³/mol. The van der Waals surface area contributed by atoms with E-state index >= 15 is 0 Å². The first kappa shape index (κ1) is 25.9. The lowest BCUT2D eigenvalue weighted by atomic mass is 9.98. The Morgan fingerprint density at radius 3 is 2.35 bits per heavy atom. The summed E-state index contributed by atoms with van der Waals surface area (Å²) in [5, 5.41) is 7.45. The van der Waals surface area contributed by atoms with Gasteiger partial charge in [-0.25, -0.2) is 8.42 Å². The van der Waals surface area contributed by atoms with Crippen LogP contribution < -0.4 is 10.6 Å². The number of hydrogen-bond acceptors (Lipinski definition) is 3. The number of piperidine rings is 1. The predicted octanol–water partition coefficient (Wildman–Crippen LogP) is 3.77. The number of sulfonamides is 1. The highest BCUT2D eigenvalue weighted by Crippen LogP contribution is 2.23. The molecule has 3 rings (SSSR count). The molecule has 0 radical (unpaired) electrons. The lowest BCUT2D eigenvalue weighted by Gasteiger charge is -2.31. The number of hydrogen-bond donors (Lipinski definition) is 2. The van der Waals surface area contributed by atoms with Crippen LogP contribution in [0.3, 0.4) is 0 Å². The molecule has 0 amide bonds. The van der Waals surface area contributed by atoms with Gasteiger partial charge in [-0.05, 0) is 48.9 Å². The minimum atomic E-state index is -3.40. The van der Waals surface area contributed by atoms with Crippen molar-refractivity contribution in [2.24, 2.45) is 10.9 Å². The molecule has 1 fully saturated rings. The summed E-state index contributed by atoms with van der Waals surface area (Å²) >= 11 is 6.20. The van der Waals surface area contributed by atoms with E-state index in [1.54, 1.807) is 35.6 Å². The van der Waals surface area contributed by atoms with Crippen molar-refractivity contribution in [1.29, 1.82) is 0 Å². The van der Waals surface area contributed by atoms with E-state index in [4.69, 9.17) is 11.6 Å². The Kier molecular flexibility index (Phi) is 10.5. The molecule has 2 N–H and O–H groups in total. The van der Waals surface area contributed by atoms with Gasteiger partial charge < -0.3 is 10.6 Å². The lowest BCUT2D eigenvalue weighted by Crippen LogP contribution is -2.44. The first-order valence-electron chi connectivity index (χ1n) is 10.2. The van der Waals surface area contributed by atoms with Crippen LogP contribution in [0.15, 0.2) is 64.5 Å². The molecule has 6 nitrogen and oxygen atoms in total. The van der Waals surface area contributed by atoms with E-state index in [1.807, 2.05) is 30.3 Å². The fourth-order valence-electron chi connectivity index (χ4n) is 3.57. The number of benzene rings is 2. The summed E-state index contributed by atoms with van der Waals surface area (Å²) in [6, 6.07) is 16.5. The zero-order valence-electron chi connectivity index (χ0n) is 17.6. The molecule has 0 unspecified atom stereocenters. The second kappa shape index (κ2) is 12.6. The molecule has 2 aromatic rings. The van der Waals surface area contributed by atoms with Crippen molar-refractivity contribution >= 4 is 51.6 Å². The van der Waals surface area contributed by atoms with Gasteiger partial charge in [-0.2, -0.15) is 4.31 Å². The topological polar surface area (TPSA) is 73.8 Å². The van der Waals surface area contributed by atoms with E-state index in [-0.39, 0.29) is 24.0 Å². The monoisotopic (exact) mass is 576 g/mol. The normalized spacial score (nSPS) is 15.9. The number of nitrogens with one attached hydrogen (secondary N) is 2. The molecule has 1 heterocycles. The fourth-order valence-corrected chi connectivity index (χ4v) is 5.29. The van der Waals surface area contributed by atoms with Crippen molar-refractivity contribution in [3.63, 3.8) is 0 Å². The molecular formula is C22H30ClIN4O2S. The highest BCUT2D eigenvalue weighted by molar-refractivity contribution is 14.0. The zero-order valence-corrected chi connectivity index (χ0v) is 21.5.